The lowest BCUT2D eigenvalue weighted by molar-refractivity contribution is 1.17. The maximum atomic E-state index is 6.06. The smallest absolute Gasteiger partial charge is 0.0689 e. The molecule has 84 valence electrons. The number of fused-ring (bicyclic) bond motifs is 1. The van der Waals surface area contributed by atoms with Crippen LogP contribution in [0.15, 0.2) is 18.6 Å². The second-order valence-corrected chi connectivity index (χ2v) is 3.47. The average molecular weight is 235 g/mol. The summed E-state index contributed by atoms with van der Waals surface area (Å²) in [5.74, 6) is 2.85. The van der Waals surface area contributed by atoms with Crippen LogP contribution in [-0.4, -0.2) is 9.55 Å². The summed E-state index contributed by atoms with van der Waals surface area (Å²) < 4.78 is 1.84. The Morgan fingerprint density at radius 3 is 2.62 bits per heavy atom. The Labute approximate surface area is 101 Å². The molecule has 0 atom stereocenters. The normalized spacial score (nSPS) is 9.06. The van der Waals surface area contributed by atoms with Crippen LogP contribution in [0.5, 0.6) is 0 Å². The van der Waals surface area contributed by atoms with E-state index < -0.39 is 0 Å². The summed E-state index contributed by atoms with van der Waals surface area (Å²) in [6, 6.07) is 2.97. The zero-order valence-electron chi connectivity index (χ0n) is 10.0. The largest absolute Gasteiger partial charge is 0.275 e. The molecule has 0 aromatic carbocycles. The summed E-state index contributed by atoms with van der Waals surface area (Å²) in [6.07, 6.45) is 5.39. The van der Waals surface area contributed by atoms with Crippen molar-refractivity contribution in [1.29, 1.82) is 0 Å². The fourth-order valence-electron chi connectivity index (χ4n) is 1.51. The van der Waals surface area contributed by atoms with Crippen molar-refractivity contribution in [2.45, 2.75) is 27.7 Å². The molecule has 2 nitrogen and oxygen atoms in total. The molecule has 0 N–H and O–H groups in total. The van der Waals surface area contributed by atoms with E-state index in [1.807, 2.05) is 37.7 Å². The fraction of sp³-hybridized carbons (Fsp3) is 0.308. The number of pyridine rings is 1. The van der Waals surface area contributed by atoms with Crippen molar-refractivity contribution in [2.24, 2.45) is 0 Å². The summed E-state index contributed by atoms with van der Waals surface area (Å²) in [5.41, 5.74) is 2.12. The van der Waals surface area contributed by atoms with Crippen molar-refractivity contribution in [1.82, 2.24) is 9.55 Å². The van der Waals surface area contributed by atoms with Gasteiger partial charge in [0.15, 0.2) is 0 Å². The molecule has 2 aromatic rings. The van der Waals surface area contributed by atoms with Crippen LogP contribution in [0.3, 0.4) is 0 Å². The lowest BCUT2D eigenvalue weighted by atomic mass is 10.2. The molecule has 0 aliphatic carbocycles. The molecule has 0 bridgehead atoms. The average Bonchev–Trinajstić information content (AvgIpc) is 2.61. The van der Waals surface area contributed by atoms with Crippen LogP contribution in [0, 0.1) is 18.9 Å². The van der Waals surface area contributed by atoms with Gasteiger partial charge in [0.05, 0.1) is 10.5 Å². The number of nitrogens with zero attached hydrogens (tertiary/aromatic N) is 2. The van der Waals surface area contributed by atoms with Gasteiger partial charge < -0.3 is 0 Å². The lowest BCUT2D eigenvalue weighted by Crippen LogP contribution is -1.88. The van der Waals surface area contributed by atoms with Crippen molar-refractivity contribution >= 4 is 22.5 Å². The van der Waals surface area contributed by atoms with Crippen LogP contribution >= 0.6 is 11.6 Å². The van der Waals surface area contributed by atoms with Crippen LogP contribution in [0.4, 0.5) is 0 Å². The first-order chi connectivity index (χ1) is 7.74. The van der Waals surface area contributed by atoms with Gasteiger partial charge in [0.25, 0.3) is 0 Å². The van der Waals surface area contributed by atoms with Gasteiger partial charge in [-0.1, -0.05) is 31.4 Å². The molecule has 0 spiro atoms. The van der Waals surface area contributed by atoms with E-state index in [1.165, 1.54) is 0 Å². The third kappa shape index (κ3) is 2.20. The van der Waals surface area contributed by atoms with Gasteiger partial charge in [-0.2, -0.15) is 0 Å². The SMILES string of the molecule is CC.CC#Cn1cc(Cl)c2cncc(C)c21. The molecular weight excluding hydrogens is 220 g/mol. The highest BCUT2D eigenvalue weighted by Crippen LogP contribution is 2.26. The molecule has 2 aromatic heterocycles. The number of halogens is 1. The minimum Gasteiger partial charge on any atom is -0.275 e. The summed E-state index contributed by atoms with van der Waals surface area (Å²) in [7, 11) is 0. The zero-order valence-corrected chi connectivity index (χ0v) is 10.8. The van der Waals surface area contributed by atoms with Crippen LogP contribution in [0.25, 0.3) is 10.9 Å². The third-order valence-electron chi connectivity index (χ3n) is 2.07. The molecular formula is C13H15ClN2. The van der Waals surface area contributed by atoms with Gasteiger partial charge in [-0.25, -0.2) is 0 Å². The van der Waals surface area contributed by atoms with Crippen LogP contribution in [0.2, 0.25) is 5.02 Å². The molecule has 3 heteroatoms. The number of aryl methyl sites for hydroxylation is 1. The highest BCUT2D eigenvalue weighted by Gasteiger charge is 2.07. The van der Waals surface area contributed by atoms with E-state index in [0.29, 0.717) is 5.02 Å². The van der Waals surface area contributed by atoms with Gasteiger partial charge in [-0.15, -0.1) is 0 Å². The minimum absolute atomic E-state index is 0.693. The fourth-order valence-corrected chi connectivity index (χ4v) is 1.74. The van der Waals surface area contributed by atoms with Crippen molar-refractivity contribution < 1.29 is 0 Å². The van der Waals surface area contributed by atoms with Crippen molar-refractivity contribution in [2.75, 3.05) is 0 Å². The highest BCUT2D eigenvalue weighted by atomic mass is 35.5. The Morgan fingerprint density at radius 1 is 1.31 bits per heavy atom. The highest BCUT2D eigenvalue weighted by molar-refractivity contribution is 6.35. The maximum absolute atomic E-state index is 6.06. The van der Waals surface area contributed by atoms with Gasteiger partial charge in [-0.3, -0.25) is 9.55 Å². The molecule has 0 aliphatic rings. The number of hydrogen-bond acceptors (Lipinski definition) is 1. The van der Waals surface area contributed by atoms with E-state index in [4.69, 9.17) is 11.6 Å². The second kappa shape index (κ2) is 5.58. The molecule has 0 fully saturated rings. The number of rotatable bonds is 0. The monoisotopic (exact) mass is 234 g/mol. The van der Waals surface area contributed by atoms with E-state index in [2.05, 4.69) is 16.9 Å². The van der Waals surface area contributed by atoms with Gasteiger partial charge >= 0.3 is 0 Å². The Hall–Kier alpha value is -1.46. The van der Waals surface area contributed by atoms with E-state index in [0.717, 1.165) is 16.5 Å². The molecule has 0 saturated carbocycles. The predicted octanol–water partition coefficient (Wildman–Crippen LogP) is 3.85. The van der Waals surface area contributed by atoms with Gasteiger partial charge in [0.1, 0.15) is 0 Å². The quantitative estimate of drug-likeness (QED) is 0.633. The standard InChI is InChI=1S/C11H9ClN2.C2H6/c1-3-4-14-7-10(12)9-6-13-5-8(2)11(9)14;1-2/h5-7H,1-2H3;1-2H3. The molecule has 2 rings (SSSR count). The third-order valence-corrected chi connectivity index (χ3v) is 2.37. The van der Waals surface area contributed by atoms with E-state index >= 15 is 0 Å². The molecule has 0 amide bonds. The molecule has 0 aliphatic heterocycles. The Morgan fingerprint density at radius 2 is 2.00 bits per heavy atom. The summed E-state index contributed by atoms with van der Waals surface area (Å²) >= 11 is 6.06. The van der Waals surface area contributed by atoms with E-state index in [1.54, 1.807) is 13.1 Å². The van der Waals surface area contributed by atoms with Gasteiger partial charge in [-0.05, 0) is 19.4 Å². The summed E-state index contributed by atoms with van der Waals surface area (Å²) in [5, 5.41) is 1.65. The van der Waals surface area contributed by atoms with Gasteiger partial charge in [0.2, 0.25) is 0 Å². The lowest BCUT2D eigenvalue weighted by Gasteiger charge is -1.97. The van der Waals surface area contributed by atoms with Crippen LogP contribution in [-0.2, 0) is 0 Å². The maximum Gasteiger partial charge on any atom is 0.0689 e. The van der Waals surface area contributed by atoms with E-state index in [9.17, 15) is 0 Å². The minimum atomic E-state index is 0.693. The summed E-state index contributed by atoms with van der Waals surface area (Å²) in [6.45, 7) is 7.80. The predicted molar refractivity (Wildman–Crippen MR) is 69.7 cm³/mol. The molecule has 16 heavy (non-hydrogen) atoms. The second-order valence-electron chi connectivity index (χ2n) is 3.06. The van der Waals surface area contributed by atoms with Crippen molar-refractivity contribution in [3.63, 3.8) is 0 Å². The Kier molecular flexibility index (Phi) is 4.39. The molecule has 0 unspecified atom stereocenters. The first kappa shape index (κ1) is 12.6. The Bertz CT molecular complexity index is 544. The number of aromatic nitrogens is 2. The molecule has 0 saturated heterocycles. The van der Waals surface area contributed by atoms with Crippen molar-refractivity contribution in [3.05, 3.63) is 29.2 Å². The molecule has 2 heterocycles. The Balaban J connectivity index is 0.000000606. The zero-order chi connectivity index (χ0) is 12.1. The number of hydrogen-bond donors (Lipinski definition) is 0. The van der Waals surface area contributed by atoms with E-state index in [-0.39, 0.29) is 0 Å². The summed E-state index contributed by atoms with van der Waals surface area (Å²) in [4.78, 5) is 4.10. The topological polar surface area (TPSA) is 17.8 Å². The van der Waals surface area contributed by atoms with Gasteiger partial charge in [0, 0.05) is 30.0 Å². The van der Waals surface area contributed by atoms with Crippen LogP contribution < -0.4 is 0 Å². The van der Waals surface area contributed by atoms with Crippen LogP contribution in [0.1, 0.15) is 26.3 Å². The molecule has 0 radical (unpaired) electrons. The van der Waals surface area contributed by atoms with Crippen molar-refractivity contribution in [3.8, 4) is 12.0 Å². The first-order valence-corrected chi connectivity index (χ1v) is 5.65. The first-order valence-electron chi connectivity index (χ1n) is 5.28.